The predicted octanol–water partition coefficient (Wildman–Crippen LogP) is 7.61. The largest absolute Gasteiger partial charge is 0.372 e. The molecule has 0 unspecified atom stereocenters. The standard InChI is InChI=1S/C34H39N2OP.CH3ClO/c1-6-35(7-2)26-19-21-30-32(23-26)38(37,28-16-11-10-12-17-28)33-24-27(36(8-3)9-4)20-22-31(33)34(30)29-18-14-13-15-25(29)5;1-3-2/h10-24,34H,6-9H2,1-5H3;1H3. The Balaban J connectivity index is 0.00000124. The molecule has 1 heterocycles. The molecule has 1 aliphatic rings. The smallest absolute Gasteiger partial charge is 0.171 e. The highest BCUT2D eigenvalue weighted by atomic mass is 35.5. The number of hydrogen-bond acceptors (Lipinski definition) is 4. The molecule has 0 radical (unpaired) electrons. The van der Waals surface area contributed by atoms with Gasteiger partial charge in [0.2, 0.25) is 0 Å². The van der Waals surface area contributed by atoms with Crippen molar-refractivity contribution in [1.82, 2.24) is 0 Å². The fraction of sp³-hybridized carbons (Fsp3) is 0.314. The maximum atomic E-state index is 15.8. The van der Waals surface area contributed by atoms with Gasteiger partial charge in [-0.15, -0.1) is 0 Å². The van der Waals surface area contributed by atoms with E-state index in [-0.39, 0.29) is 5.92 Å². The minimum atomic E-state index is -3.15. The fourth-order valence-corrected chi connectivity index (χ4v) is 9.30. The highest BCUT2D eigenvalue weighted by molar-refractivity contribution is 7.85. The van der Waals surface area contributed by atoms with Crippen LogP contribution in [0.3, 0.4) is 0 Å². The normalized spacial score (nSPS) is 17.1. The monoisotopic (exact) mass is 588 g/mol. The minimum Gasteiger partial charge on any atom is -0.372 e. The van der Waals surface area contributed by atoms with E-state index in [1.54, 1.807) is 0 Å². The van der Waals surface area contributed by atoms with Crippen molar-refractivity contribution in [2.24, 2.45) is 0 Å². The fourth-order valence-electron chi connectivity index (χ4n) is 6.13. The van der Waals surface area contributed by atoms with Crippen LogP contribution < -0.4 is 25.7 Å². The summed E-state index contributed by atoms with van der Waals surface area (Å²) in [5, 5.41) is 2.86. The van der Waals surface area contributed by atoms with Gasteiger partial charge in [-0.2, -0.15) is 0 Å². The number of nitrogens with zero attached hydrogens (tertiary/aromatic N) is 2. The molecular weight excluding hydrogens is 547 g/mol. The van der Waals surface area contributed by atoms with Crippen molar-refractivity contribution < 1.29 is 8.85 Å². The molecule has 0 atom stereocenters. The first-order chi connectivity index (χ1) is 19.9. The first-order valence-electron chi connectivity index (χ1n) is 14.5. The summed E-state index contributed by atoms with van der Waals surface area (Å²) in [6, 6.07) is 32.2. The Morgan fingerprint density at radius 1 is 0.683 bits per heavy atom. The third kappa shape index (κ3) is 5.84. The molecule has 0 amide bonds. The minimum absolute atomic E-state index is 0.0310. The van der Waals surface area contributed by atoms with Crippen LogP contribution in [0.2, 0.25) is 0 Å². The zero-order valence-corrected chi connectivity index (χ0v) is 26.8. The first-order valence-corrected chi connectivity index (χ1v) is 16.6. The van der Waals surface area contributed by atoms with Crippen molar-refractivity contribution in [3.8, 4) is 0 Å². The van der Waals surface area contributed by atoms with Crippen molar-refractivity contribution in [3.63, 3.8) is 0 Å². The molecule has 5 rings (SSSR count). The molecule has 0 bridgehead atoms. The van der Waals surface area contributed by atoms with E-state index in [4.69, 9.17) is 0 Å². The predicted molar refractivity (Wildman–Crippen MR) is 178 cm³/mol. The lowest BCUT2D eigenvalue weighted by atomic mass is 9.82. The molecule has 1 aliphatic heterocycles. The molecule has 0 spiro atoms. The van der Waals surface area contributed by atoms with E-state index in [0.29, 0.717) is 0 Å². The van der Waals surface area contributed by atoms with Gasteiger partial charge in [0.05, 0.1) is 19.0 Å². The topological polar surface area (TPSA) is 32.8 Å². The van der Waals surface area contributed by atoms with E-state index in [0.717, 1.165) is 64.6 Å². The van der Waals surface area contributed by atoms with Crippen LogP contribution in [0.5, 0.6) is 0 Å². The lowest BCUT2D eigenvalue weighted by Crippen LogP contribution is -2.38. The van der Waals surface area contributed by atoms with Gasteiger partial charge in [0.25, 0.3) is 0 Å². The lowest BCUT2D eigenvalue weighted by molar-refractivity contribution is 0.463. The van der Waals surface area contributed by atoms with Crippen LogP contribution in [-0.4, -0.2) is 33.3 Å². The molecule has 0 aromatic heterocycles. The van der Waals surface area contributed by atoms with E-state index in [1.165, 1.54) is 18.2 Å². The van der Waals surface area contributed by atoms with Gasteiger partial charge in [-0.3, -0.25) is 4.29 Å². The highest BCUT2D eigenvalue weighted by Gasteiger charge is 2.42. The quantitative estimate of drug-likeness (QED) is 0.175. The van der Waals surface area contributed by atoms with Crippen LogP contribution in [-0.2, 0) is 8.85 Å². The summed E-state index contributed by atoms with van der Waals surface area (Å²) < 4.78 is 19.5. The summed E-state index contributed by atoms with van der Waals surface area (Å²) in [6.07, 6.45) is 0. The Kier molecular flexibility index (Phi) is 10.4. The van der Waals surface area contributed by atoms with Crippen LogP contribution in [0.25, 0.3) is 0 Å². The molecule has 4 aromatic rings. The van der Waals surface area contributed by atoms with Crippen LogP contribution >= 0.6 is 19.0 Å². The van der Waals surface area contributed by atoms with Crippen LogP contribution in [0.4, 0.5) is 11.4 Å². The van der Waals surface area contributed by atoms with Gasteiger partial charge in [-0.05, 0) is 81.1 Å². The summed E-state index contributed by atoms with van der Waals surface area (Å²) in [5.41, 5.74) is 7.12. The van der Waals surface area contributed by atoms with E-state index >= 15 is 4.57 Å². The molecule has 4 nitrogen and oxygen atoms in total. The van der Waals surface area contributed by atoms with Crippen LogP contribution in [0.1, 0.15) is 55.9 Å². The second kappa shape index (κ2) is 13.7. The Hall–Kier alpha value is -3.04. The van der Waals surface area contributed by atoms with Gasteiger partial charge in [0, 0.05) is 59.4 Å². The molecule has 216 valence electrons. The van der Waals surface area contributed by atoms with Gasteiger partial charge in [-0.1, -0.05) is 66.7 Å². The molecular formula is C35H42ClN2O2P. The average molecular weight is 589 g/mol. The van der Waals surface area contributed by atoms with Gasteiger partial charge in [-0.25, -0.2) is 0 Å². The lowest BCUT2D eigenvalue weighted by Gasteiger charge is -2.37. The summed E-state index contributed by atoms with van der Waals surface area (Å²) in [5.74, 6) is 0.0310. The molecule has 4 aromatic carbocycles. The third-order valence-electron chi connectivity index (χ3n) is 8.20. The molecule has 0 aliphatic carbocycles. The number of anilines is 2. The Morgan fingerprint density at radius 2 is 1.12 bits per heavy atom. The van der Waals surface area contributed by atoms with E-state index in [9.17, 15) is 0 Å². The molecule has 0 fully saturated rings. The number of fused-ring (bicyclic) bond motifs is 2. The van der Waals surface area contributed by atoms with E-state index in [1.807, 2.05) is 18.2 Å². The third-order valence-corrected chi connectivity index (χ3v) is 11.4. The van der Waals surface area contributed by atoms with Gasteiger partial charge in [0.15, 0.2) is 7.14 Å². The van der Waals surface area contributed by atoms with Crippen molar-refractivity contribution in [3.05, 3.63) is 113 Å². The van der Waals surface area contributed by atoms with E-state index in [2.05, 4.69) is 133 Å². The van der Waals surface area contributed by atoms with Crippen molar-refractivity contribution >= 4 is 46.3 Å². The first kappa shape index (κ1) is 30.9. The van der Waals surface area contributed by atoms with Crippen LogP contribution in [0.15, 0.2) is 91.0 Å². The summed E-state index contributed by atoms with van der Waals surface area (Å²) in [4.78, 5) is 4.69. The molecule has 0 N–H and O–H groups in total. The zero-order valence-electron chi connectivity index (χ0n) is 25.1. The Bertz CT molecular complexity index is 1430. The Labute approximate surface area is 251 Å². The average Bonchev–Trinajstić information content (AvgIpc) is 3.00. The van der Waals surface area contributed by atoms with Crippen LogP contribution in [0, 0.1) is 6.92 Å². The van der Waals surface area contributed by atoms with Crippen molar-refractivity contribution in [1.29, 1.82) is 0 Å². The number of benzene rings is 4. The maximum Gasteiger partial charge on any atom is 0.171 e. The van der Waals surface area contributed by atoms with Gasteiger partial charge >= 0.3 is 0 Å². The van der Waals surface area contributed by atoms with E-state index < -0.39 is 7.14 Å². The number of rotatable bonds is 8. The summed E-state index contributed by atoms with van der Waals surface area (Å²) >= 11 is 4.50. The van der Waals surface area contributed by atoms with Gasteiger partial charge in [0.1, 0.15) is 0 Å². The maximum absolute atomic E-state index is 15.8. The summed E-state index contributed by atoms with van der Waals surface area (Å²) in [7, 11) is -1.76. The highest BCUT2D eigenvalue weighted by Crippen LogP contribution is 2.53. The number of halogens is 1. The SMILES string of the molecule is CCN(CC)c1ccc2c(c1)P(=O)(c1ccccc1)c1cc(N(CC)CC)ccc1C2c1ccccc1C.COCl. The summed E-state index contributed by atoms with van der Waals surface area (Å²) in [6.45, 7) is 14.6. The molecule has 6 heteroatoms. The molecule has 41 heavy (non-hydrogen) atoms. The number of aryl methyl sites for hydroxylation is 1. The second-order valence-electron chi connectivity index (χ2n) is 10.2. The van der Waals surface area contributed by atoms with Gasteiger partial charge < -0.3 is 14.4 Å². The molecule has 0 saturated heterocycles. The zero-order chi connectivity index (χ0) is 29.6. The molecule has 0 saturated carbocycles. The second-order valence-corrected chi connectivity index (χ2v) is 13.2. The number of hydrogen-bond donors (Lipinski definition) is 0. The van der Waals surface area contributed by atoms with Crippen molar-refractivity contribution in [2.45, 2.75) is 40.5 Å². The Morgan fingerprint density at radius 3 is 1.56 bits per heavy atom. The van der Waals surface area contributed by atoms with Crippen molar-refractivity contribution in [2.75, 3.05) is 43.1 Å².